The van der Waals surface area contributed by atoms with Crippen molar-refractivity contribution in [3.63, 3.8) is 0 Å². The Hall–Kier alpha value is -1.99. The van der Waals surface area contributed by atoms with Crippen molar-refractivity contribution in [2.75, 3.05) is 13.7 Å². The van der Waals surface area contributed by atoms with Gasteiger partial charge in [0, 0.05) is 12.1 Å². The second-order valence-electron chi connectivity index (χ2n) is 3.31. The van der Waals surface area contributed by atoms with Crippen molar-refractivity contribution in [1.29, 1.82) is 0 Å². The van der Waals surface area contributed by atoms with E-state index < -0.39 is 23.1 Å². The van der Waals surface area contributed by atoms with Crippen LogP contribution >= 0.6 is 0 Å². The van der Waals surface area contributed by atoms with Crippen LogP contribution in [0.2, 0.25) is 0 Å². The van der Waals surface area contributed by atoms with Crippen LogP contribution in [0.4, 0.5) is 5.69 Å². The average Bonchev–Trinajstić information content (AvgIpc) is 2.36. The summed E-state index contributed by atoms with van der Waals surface area (Å²) >= 11 is 0. The largest absolute Gasteiger partial charge is 0.467 e. The molecule has 0 bridgehead atoms. The molecule has 0 spiro atoms. The van der Waals surface area contributed by atoms with E-state index in [1.54, 1.807) is 0 Å². The zero-order chi connectivity index (χ0) is 13.1. The van der Waals surface area contributed by atoms with Gasteiger partial charge in [-0.15, -0.1) is 0 Å². The summed E-state index contributed by atoms with van der Waals surface area (Å²) in [6.45, 7) is -0.877. The summed E-state index contributed by atoms with van der Waals surface area (Å²) in [7, 11) is 1.06. The molecule has 7 heteroatoms. The number of nitro benzene ring substituents is 1. The van der Waals surface area contributed by atoms with E-state index in [-0.39, 0.29) is 11.3 Å². The second kappa shape index (κ2) is 4.89. The molecule has 1 aromatic rings. The smallest absolute Gasteiger partial charge is 0.345 e. The van der Waals surface area contributed by atoms with E-state index in [0.717, 1.165) is 19.2 Å². The molecule has 0 aliphatic rings. The third-order valence-corrected chi connectivity index (χ3v) is 2.31. The number of ether oxygens (including phenoxy) is 1. The summed E-state index contributed by atoms with van der Waals surface area (Å²) in [5.74, 6) is -1.03. The van der Waals surface area contributed by atoms with Crippen molar-refractivity contribution in [2.24, 2.45) is 0 Å². The Morgan fingerprint density at radius 3 is 2.35 bits per heavy atom. The van der Waals surface area contributed by atoms with Crippen LogP contribution in [0.15, 0.2) is 24.3 Å². The molecule has 17 heavy (non-hydrogen) atoms. The lowest BCUT2D eigenvalue weighted by Crippen LogP contribution is -2.40. The average molecular weight is 241 g/mol. The van der Waals surface area contributed by atoms with E-state index in [0.29, 0.717) is 0 Å². The normalized spacial score (nSPS) is 13.8. The number of non-ortho nitro benzene ring substituents is 1. The number of aliphatic hydroxyl groups is 2. The van der Waals surface area contributed by atoms with E-state index in [1.165, 1.54) is 12.1 Å². The SMILES string of the molecule is COC(=O)[C@](O)(CO)c1ccc([N+](=O)[O-])cc1. The van der Waals surface area contributed by atoms with Crippen molar-refractivity contribution in [3.05, 3.63) is 39.9 Å². The zero-order valence-corrected chi connectivity index (χ0v) is 8.99. The van der Waals surface area contributed by atoms with Crippen molar-refractivity contribution in [2.45, 2.75) is 5.60 Å². The van der Waals surface area contributed by atoms with Crippen LogP contribution in [0, 0.1) is 10.1 Å². The Morgan fingerprint density at radius 1 is 1.47 bits per heavy atom. The lowest BCUT2D eigenvalue weighted by atomic mass is 9.94. The number of hydrogen-bond acceptors (Lipinski definition) is 6. The van der Waals surface area contributed by atoms with Gasteiger partial charge in [0.1, 0.15) is 0 Å². The van der Waals surface area contributed by atoms with E-state index >= 15 is 0 Å². The first-order valence-electron chi connectivity index (χ1n) is 4.62. The summed E-state index contributed by atoms with van der Waals surface area (Å²) in [6, 6.07) is 4.62. The van der Waals surface area contributed by atoms with Gasteiger partial charge in [-0.25, -0.2) is 4.79 Å². The lowest BCUT2D eigenvalue weighted by Gasteiger charge is -2.22. The third-order valence-electron chi connectivity index (χ3n) is 2.31. The Morgan fingerprint density at radius 2 is 2.00 bits per heavy atom. The first kappa shape index (κ1) is 13.1. The van der Waals surface area contributed by atoms with E-state index in [1.807, 2.05) is 0 Å². The van der Waals surface area contributed by atoms with Crippen LogP contribution in [0.1, 0.15) is 5.56 Å². The van der Waals surface area contributed by atoms with Gasteiger partial charge in [-0.2, -0.15) is 0 Å². The molecule has 0 saturated heterocycles. The number of hydrogen-bond donors (Lipinski definition) is 2. The highest BCUT2D eigenvalue weighted by atomic mass is 16.6. The van der Waals surface area contributed by atoms with Crippen molar-refractivity contribution >= 4 is 11.7 Å². The van der Waals surface area contributed by atoms with Crippen LogP contribution in [-0.2, 0) is 15.1 Å². The monoisotopic (exact) mass is 241 g/mol. The number of nitro groups is 1. The van der Waals surface area contributed by atoms with E-state index in [9.17, 15) is 20.0 Å². The first-order chi connectivity index (χ1) is 7.95. The first-order valence-corrected chi connectivity index (χ1v) is 4.62. The van der Waals surface area contributed by atoms with Crippen LogP contribution in [0.5, 0.6) is 0 Å². The van der Waals surface area contributed by atoms with Crippen LogP contribution < -0.4 is 0 Å². The third kappa shape index (κ3) is 2.40. The van der Waals surface area contributed by atoms with Crippen LogP contribution in [-0.4, -0.2) is 34.8 Å². The lowest BCUT2D eigenvalue weighted by molar-refractivity contribution is -0.384. The molecular weight excluding hydrogens is 230 g/mol. The number of carbonyl (C=O) groups excluding carboxylic acids is 1. The minimum absolute atomic E-state index is 0.0254. The second-order valence-corrected chi connectivity index (χ2v) is 3.31. The standard InChI is InChI=1S/C10H11NO6/c1-17-9(13)10(14,6-12)7-2-4-8(5-3-7)11(15)16/h2-5,12,14H,6H2,1H3/t10-/m0/s1. The molecule has 1 rings (SSSR count). The fourth-order valence-corrected chi connectivity index (χ4v) is 1.30. The van der Waals surface area contributed by atoms with Crippen molar-refractivity contribution in [3.8, 4) is 0 Å². The molecule has 0 amide bonds. The molecule has 7 nitrogen and oxygen atoms in total. The van der Waals surface area contributed by atoms with Gasteiger partial charge in [0.05, 0.1) is 18.6 Å². The van der Waals surface area contributed by atoms with E-state index in [4.69, 9.17) is 5.11 Å². The minimum Gasteiger partial charge on any atom is -0.467 e. The number of nitrogens with zero attached hydrogens (tertiary/aromatic N) is 1. The number of carbonyl (C=O) groups is 1. The summed E-state index contributed by atoms with van der Waals surface area (Å²) in [4.78, 5) is 21.1. The van der Waals surface area contributed by atoms with E-state index in [2.05, 4.69) is 4.74 Å². The predicted octanol–water partition coefficient (Wildman–Crippen LogP) is -0.0523. The topological polar surface area (TPSA) is 110 Å². The molecule has 1 atom stereocenters. The molecule has 2 N–H and O–H groups in total. The number of benzene rings is 1. The maximum absolute atomic E-state index is 11.3. The maximum Gasteiger partial charge on any atom is 0.345 e. The molecule has 0 saturated carbocycles. The molecule has 0 aliphatic heterocycles. The highest BCUT2D eigenvalue weighted by Crippen LogP contribution is 2.24. The van der Waals surface area contributed by atoms with Gasteiger partial charge in [-0.05, 0) is 17.7 Å². The summed E-state index contributed by atoms with van der Waals surface area (Å²) in [5, 5.41) is 29.4. The molecule has 0 fully saturated rings. The highest BCUT2D eigenvalue weighted by molar-refractivity contribution is 5.81. The fourth-order valence-electron chi connectivity index (χ4n) is 1.30. The van der Waals surface area contributed by atoms with Gasteiger partial charge < -0.3 is 14.9 Å². The van der Waals surface area contributed by atoms with Gasteiger partial charge in [0.15, 0.2) is 0 Å². The number of rotatable bonds is 4. The number of methoxy groups -OCH3 is 1. The van der Waals surface area contributed by atoms with Crippen molar-refractivity contribution < 1.29 is 24.7 Å². The van der Waals surface area contributed by atoms with Gasteiger partial charge in [-0.1, -0.05) is 0 Å². The van der Waals surface area contributed by atoms with Gasteiger partial charge in [0.25, 0.3) is 5.69 Å². The Bertz CT molecular complexity index is 429. The summed E-state index contributed by atoms with van der Waals surface area (Å²) < 4.78 is 4.36. The molecular formula is C10H11NO6. The molecule has 0 unspecified atom stereocenters. The zero-order valence-electron chi connectivity index (χ0n) is 8.99. The Kier molecular flexibility index (Phi) is 3.77. The number of esters is 1. The Labute approximate surface area is 96.4 Å². The Balaban J connectivity index is 3.13. The molecule has 0 aromatic heterocycles. The molecule has 0 radical (unpaired) electrons. The number of aliphatic hydroxyl groups excluding tert-OH is 1. The molecule has 0 aliphatic carbocycles. The molecule has 92 valence electrons. The molecule has 1 aromatic carbocycles. The summed E-state index contributed by atoms with van der Waals surface area (Å²) in [5.41, 5.74) is -2.36. The quantitative estimate of drug-likeness (QED) is 0.434. The highest BCUT2D eigenvalue weighted by Gasteiger charge is 2.38. The van der Waals surface area contributed by atoms with Crippen LogP contribution in [0.25, 0.3) is 0 Å². The van der Waals surface area contributed by atoms with Crippen LogP contribution in [0.3, 0.4) is 0 Å². The fraction of sp³-hybridized carbons (Fsp3) is 0.300. The maximum atomic E-state index is 11.3. The summed E-state index contributed by atoms with van der Waals surface area (Å²) in [6.07, 6.45) is 0. The van der Waals surface area contributed by atoms with Gasteiger partial charge in [0.2, 0.25) is 5.60 Å². The van der Waals surface area contributed by atoms with Gasteiger partial charge >= 0.3 is 5.97 Å². The minimum atomic E-state index is -2.20. The molecule has 0 heterocycles. The predicted molar refractivity (Wildman–Crippen MR) is 56.1 cm³/mol. The van der Waals surface area contributed by atoms with Gasteiger partial charge in [-0.3, -0.25) is 10.1 Å². The van der Waals surface area contributed by atoms with Crippen molar-refractivity contribution in [1.82, 2.24) is 0 Å².